The van der Waals surface area contributed by atoms with Crippen molar-refractivity contribution in [3.63, 3.8) is 0 Å². The second-order valence-corrected chi connectivity index (χ2v) is 8.00. The second kappa shape index (κ2) is 9.80. The molecule has 1 amide bonds. The zero-order valence-electron chi connectivity index (χ0n) is 16.9. The topological polar surface area (TPSA) is 75.4 Å². The lowest BCUT2D eigenvalue weighted by Gasteiger charge is -2.21. The highest BCUT2D eigenvalue weighted by molar-refractivity contribution is 7.17. The Balaban J connectivity index is 1.82. The van der Waals surface area contributed by atoms with E-state index in [4.69, 9.17) is 0 Å². The molecule has 1 N–H and O–H groups in total. The first kappa shape index (κ1) is 21.2. The van der Waals surface area contributed by atoms with Gasteiger partial charge in [-0.25, -0.2) is 4.98 Å². The van der Waals surface area contributed by atoms with Gasteiger partial charge in [-0.2, -0.15) is 0 Å². The van der Waals surface area contributed by atoms with Crippen LogP contribution in [-0.4, -0.2) is 45.2 Å². The molecule has 2 heterocycles. The molecule has 0 aliphatic carbocycles. The number of aromatic nitrogens is 2. The lowest BCUT2D eigenvalue weighted by atomic mass is 10.1. The molecule has 7 heteroatoms. The van der Waals surface area contributed by atoms with Gasteiger partial charge in [-0.15, -0.1) is 11.3 Å². The second-order valence-electron chi connectivity index (χ2n) is 7.15. The summed E-state index contributed by atoms with van der Waals surface area (Å²) < 4.78 is 1.52. The molecule has 0 radical (unpaired) electrons. The van der Waals surface area contributed by atoms with E-state index in [1.165, 1.54) is 22.2 Å². The van der Waals surface area contributed by atoms with Gasteiger partial charge in [0.25, 0.3) is 5.56 Å². The molecule has 2 aromatic heterocycles. The average Bonchev–Trinajstić information content (AvgIpc) is 3.16. The number of carbonyl (C=O) groups is 1. The van der Waals surface area contributed by atoms with E-state index < -0.39 is 0 Å². The number of nitrogens with zero attached hydrogens (tertiary/aromatic N) is 3. The molecular formula is C22H27N3O3S. The number of aliphatic hydroxyl groups is 1. The molecule has 0 fully saturated rings. The Morgan fingerprint density at radius 3 is 2.69 bits per heavy atom. The SMILES string of the molecule is CCCCN(CCO)C(=O)CCn1cnc2scc(-c3ccc(C)cc3)c2c1=O. The van der Waals surface area contributed by atoms with Crippen LogP contribution in [0.3, 0.4) is 0 Å². The van der Waals surface area contributed by atoms with Crippen molar-refractivity contribution < 1.29 is 9.90 Å². The van der Waals surface area contributed by atoms with E-state index in [0.717, 1.165) is 29.5 Å². The van der Waals surface area contributed by atoms with Gasteiger partial charge in [-0.3, -0.25) is 14.2 Å². The van der Waals surface area contributed by atoms with Crippen LogP contribution in [0.5, 0.6) is 0 Å². The van der Waals surface area contributed by atoms with Gasteiger partial charge in [0, 0.05) is 37.0 Å². The van der Waals surface area contributed by atoms with E-state index in [-0.39, 0.29) is 31.0 Å². The zero-order chi connectivity index (χ0) is 20.8. The Labute approximate surface area is 174 Å². The third kappa shape index (κ3) is 4.92. The van der Waals surface area contributed by atoms with E-state index in [2.05, 4.69) is 11.9 Å². The van der Waals surface area contributed by atoms with Gasteiger partial charge in [-0.1, -0.05) is 43.2 Å². The van der Waals surface area contributed by atoms with Crippen molar-refractivity contribution in [2.75, 3.05) is 19.7 Å². The molecule has 3 rings (SSSR count). The first-order valence-electron chi connectivity index (χ1n) is 9.97. The summed E-state index contributed by atoms with van der Waals surface area (Å²) in [5.74, 6) is -0.0522. The number of amides is 1. The van der Waals surface area contributed by atoms with Crippen LogP contribution in [-0.2, 0) is 11.3 Å². The Morgan fingerprint density at radius 1 is 1.24 bits per heavy atom. The number of aliphatic hydroxyl groups excluding tert-OH is 1. The van der Waals surface area contributed by atoms with Gasteiger partial charge in [0.05, 0.1) is 18.3 Å². The van der Waals surface area contributed by atoms with Crippen LogP contribution in [0.2, 0.25) is 0 Å². The highest BCUT2D eigenvalue weighted by atomic mass is 32.1. The molecule has 0 bridgehead atoms. The molecule has 0 atom stereocenters. The number of thiophene rings is 1. The zero-order valence-corrected chi connectivity index (χ0v) is 17.7. The Bertz CT molecular complexity index is 1020. The molecule has 3 aromatic rings. The van der Waals surface area contributed by atoms with E-state index in [1.807, 2.05) is 36.6 Å². The lowest BCUT2D eigenvalue weighted by Crippen LogP contribution is -2.35. The molecule has 0 unspecified atom stereocenters. The molecule has 0 aliphatic rings. The molecule has 0 spiro atoms. The van der Waals surface area contributed by atoms with Crippen LogP contribution in [0.25, 0.3) is 21.3 Å². The summed E-state index contributed by atoms with van der Waals surface area (Å²) in [7, 11) is 0. The Hall–Kier alpha value is -2.51. The van der Waals surface area contributed by atoms with Crippen LogP contribution in [0.15, 0.2) is 40.8 Å². The van der Waals surface area contributed by atoms with Crippen LogP contribution >= 0.6 is 11.3 Å². The summed E-state index contributed by atoms with van der Waals surface area (Å²) in [6.07, 6.45) is 3.61. The summed E-state index contributed by atoms with van der Waals surface area (Å²) >= 11 is 1.45. The molecule has 6 nitrogen and oxygen atoms in total. The largest absolute Gasteiger partial charge is 0.395 e. The summed E-state index contributed by atoms with van der Waals surface area (Å²) in [6, 6.07) is 8.08. The van der Waals surface area contributed by atoms with Gasteiger partial charge >= 0.3 is 0 Å². The average molecular weight is 414 g/mol. The standard InChI is InChI=1S/C22H27N3O3S/c1-3-4-10-24(12-13-26)19(27)9-11-25-15-23-21-20(22(25)28)18(14-29-21)17-7-5-16(2)6-8-17/h5-8,14-15,26H,3-4,9-13H2,1-2H3. The molecule has 0 saturated carbocycles. The minimum atomic E-state index is -0.123. The number of hydrogen-bond acceptors (Lipinski definition) is 5. The molecule has 154 valence electrons. The minimum Gasteiger partial charge on any atom is -0.395 e. The smallest absolute Gasteiger partial charge is 0.262 e. The highest BCUT2D eigenvalue weighted by Crippen LogP contribution is 2.30. The quantitative estimate of drug-likeness (QED) is 0.583. The van der Waals surface area contributed by atoms with Gasteiger partial charge in [0.15, 0.2) is 0 Å². The van der Waals surface area contributed by atoms with E-state index in [1.54, 1.807) is 4.90 Å². The number of unbranched alkanes of at least 4 members (excludes halogenated alkanes) is 1. The maximum Gasteiger partial charge on any atom is 0.262 e. The number of carbonyl (C=O) groups excluding carboxylic acids is 1. The number of benzene rings is 1. The van der Waals surface area contributed by atoms with Crippen LogP contribution in [0.1, 0.15) is 31.7 Å². The minimum absolute atomic E-state index is 0.0522. The van der Waals surface area contributed by atoms with Crippen molar-refractivity contribution in [3.05, 3.63) is 51.9 Å². The van der Waals surface area contributed by atoms with E-state index >= 15 is 0 Å². The predicted molar refractivity (Wildman–Crippen MR) is 117 cm³/mol. The number of fused-ring (bicyclic) bond motifs is 1. The molecule has 29 heavy (non-hydrogen) atoms. The third-order valence-corrected chi connectivity index (χ3v) is 5.88. The maximum absolute atomic E-state index is 13.1. The third-order valence-electron chi connectivity index (χ3n) is 4.99. The van der Waals surface area contributed by atoms with Crippen molar-refractivity contribution in [1.29, 1.82) is 0 Å². The van der Waals surface area contributed by atoms with E-state index in [0.29, 0.717) is 23.3 Å². The summed E-state index contributed by atoms with van der Waals surface area (Å²) in [4.78, 5) is 32.4. The van der Waals surface area contributed by atoms with Gasteiger partial charge in [0.2, 0.25) is 5.91 Å². The highest BCUT2D eigenvalue weighted by Gasteiger charge is 2.16. The van der Waals surface area contributed by atoms with Crippen molar-refractivity contribution in [2.24, 2.45) is 0 Å². The first-order valence-corrected chi connectivity index (χ1v) is 10.9. The Morgan fingerprint density at radius 2 is 2.00 bits per heavy atom. The van der Waals surface area contributed by atoms with E-state index in [9.17, 15) is 14.7 Å². The van der Waals surface area contributed by atoms with Crippen LogP contribution in [0.4, 0.5) is 0 Å². The summed E-state index contributed by atoms with van der Waals surface area (Å²) in [5, 5.41) is 11.8. The van der Waals surface area contributed by atoms with Gasteiger partial charge in [-0.05, 0) is 18.9 Å². The lowest BCUT2D eigenvalue weighted by molar-refractivity contribution is -0.132. The molecule has 1 aromatic carbocycles. The number of rotatable bonds is 9. The van der Waals surface area contributed by atoms with Crippen molar-refractivity contribution in [1.82, 2.24) is 14.5 Å². The van der Waals surface area contributed by atoms with Crippen molar-refractivity contribution in [3.8, 4) is 11.1 Å². The molecule has 0 aliphatic heterocycles. The summed E-state index contributed by atoms with van der Waals surface area (Å²) in [5.41, 5.74) is 2.91. The maximum atomic E-state index is 13.1. The fraction of sp³-hybridized carbons (Fsp3) is 0.409. The van der Waals surface area contributed by atoms with Crippen molar-refractivity contribution in [2.45, 2.75) is 39.7 Å². The first-order chi connectivity index (χ1) is 14.0. The molecule has 0 saturated heterocycles. The van der Waals surface area contributed by atoms with Gasteiger partial charge in [0.1, 0.15) is 4.83 Å². The number of hydrogen-bond donors (Lipinski definition) is 1. The Kier molecular flexibility index (Phi) is 7.17. The number of aryl methyl sites for hydroxylation is 2. The van der Waals surface area contributed by atoms with Gasteiger partial charge < -0.3 is 10.0 Å². The fourth-order valence-electron chi connectivity index (χ4n) is 3.28. The fourth-order valence-corrected chi connectivity index (χ4v) is 4.18. The van der Waals surface area contributed by atoms with Crippen LogP contribution in [0, 0.1) is 6.92 Å². The predicted octanol–water partition coefficient (Wildman–Crippen LogP) is 3.44. The summed E-state index contributed by atoms with van der Waals surface area (Å²) in [6.45, 7) is 5.27. The normalized spacial score (nSPS) is 11.1. The monoisotopic (exact) mass is 413 g/mol. The molecular weight excluding hydrogens is 386 g/mol. The van der Waals surface area contributed by atoms with Crippen LogP contribution < -0.4 is 5.56 Å². The van der Waals surface area contributed by atoms with Crippen molar-refractivity contribution >= 4 is 27.5 Å².